The number of piperidine rings is 2. The largest absolute Gasteiger partial charge is 0.352 e. The van der Waals surface area contributed by atoms with E-state index in [0.717, 1.165) is 65.3 Å². The molecule has 29 heavy (non-hydrogen) atoms. The van der Waals surface area contributed by atoms with Crippen molar-refractivity contribution in [3.05, 3.63) is 23.8 Å². The number of hydrogen-bond donors (Lipinski definition) is 1. The van der Waals surface area contributed by atoms with Gasteiger partial charge in [0.1, 0.15) is 0 Å². The molecule has 1 N–H and O–H groups in total. The number of nitrogens with zero attached hydrogens (tertiary/aromatic N) is 3. The number of hydrogen-bond acceptors (Lipinski definition) is 5. The lowest BCUT2D eigenvalue weighted by atomic mass is 9.92. The fraction of sp³-hybridized carbons (Fsp3) is 0.652. The summed E-state index contributed by atoms with van der Waals surface area (Å²) in [5.74, 6) is 1.60. The number of rotatable bonds is 6. The Kier molecular flexibility index (Phi) is 6.70. The monoisotopic (exact) mass is 414 g/mol. The highest BCUT2D eigenvalue weighted by atomic mass is 32.1. The molecule has 2 aromatic rings. The number of nitrogens with one attached hydrogen (secondary N) is 1. The normalized spacial score (nSPS) is 23.4. The van der Waals surface area contributed by atoms with Crippen molar-refractivity contribution in [1.29, 1.82) is 0 Å². The summed E-state index contributed by atoms with van der Waals surface area (Å²) in [7, 11) is 0. The third kappa shape index (κ3) is 5.28. The van der Waals surface area contributed by atoms with Crippen molar-refractivity contribution in [3.63, 3.8) is 0 Å². The first-order valence-electron chi connectivity index (χ1n) is 11.2. The Hall–Kier alpha value is -1.66. The Balaban J connectivity index is 1.29. The second-order valence-corrected chi connectivity index (χ2v) is 10.1. The summed E-state index contributed by atoms with van der Waals surface area (Å²) in [6.45, 7) is 11.1. The van der Waals surface area contributed by atoms with Crippen LogP contribution < -0.4 is 10.2 Å². The van der Waals surface area contributed by atoms with Crippen LogP contribution in [0.4, 0.5) is 5.13 Å². The molecule has 2 aliphatic heterocycles. The number of anilines is 1. The molecular weight excluding hydrogens is 380 g/mol. The Morgan fingerprint density at radius 2 is 1.93 bits per heavy atom. The Morgan fingerprint density at radius 1 is 1.17 bits per heavy atom. The molecule has 1 aromatic heterocycles. The van der Waals surface area contributed by atoms with E-state index in [0.29, 0.717) is 0 Å². The van der Waals surface area contributed by atoms with E-state index in [2.05, 4.69) is 29.0 Å². The van der Waals surface area contributed by atoms with Gasteiger partial charge in [-0.1, -0.05) is 25.2 Å². The number of carbonyl (C=O) groups excluding carboxylic acids is 1. The molecule has 0 unspecified atom stereocenters. The molecule has 6 heteroatoms. The first kappa shape index (κ1) is 20.6. The van der Waals surface area contributed by atoms with Crippen LogP contribution in [0.2, 0.25) is 0 Å². The van der Waals surface area contributed by atoms with Gasteiger partial charge in [0.25, 0.3) is 5.91 Å². The van der Waals surface area contributed by atoms with Crippen LogP contribution >= 0.6 is 11.3 Å². The number of likely N-dealkylation sites (tertiary alicyclic amines) is 1. The fourth-order valence-corrected chi connectivity index (χ4v) is 5.91. The van der Waals surface area contributed by atoms with Gasteiger partial charge in [0, 0.05) is 38.3 Å². The van der Waals surface area contributed by atoms with Gasteiger partial charge in [0.2, 0.25) is 0 Å². The maximum Gasteiger partial charge on any atom is 0.251 e. The van der Waals surface area contributed by atoms with Gasteiger partial charge in [-0.15, -0.1) is 0 Å². The summed E-state index contributed by atoms with van der Waals surface area (Å²) >= 11 is 1.71. The predicted octanol–water partition coefficient (Wildman–Crippen LogP) is 4.38. The Bertz CT molecular complexity index is 819. The van der Waals surface area contributed by atoms with Gasteiger partial charge < -0.3 is 15.1 Å². The van der Waals surface area contributed by atoms with Crippen molar-refractivity contribution in [2.24, 2.45) is 11.8 Å². The van der Waals surface area contributed by atoms with Crippen LogP contribution in [-0.2, 0) is 0 Å². The fourth-order valence-electron chi connectivity index (χ4n) is 4.86. The van der Waals surface area contributed by atoms with Crippen LogP contribution in [0.3, 0.4) is 0 Å². The van der Waals surface area contributed by atoms with Gasteiger partial charge in [0.15, 0.2) is 5.13 Å². The maximum absolute atomic E-state index is 12.6. The molecule has 2 atom stereocenters. The van der Waals surface area contributed by atoms with Gasteiger partial charge in [-0.25, -0.2) is 4.98 Å². The van der Waals surface area contributed by atoms with Crippen LogP contribution in [0.25, 0.3) is 10.2 Å². The molecule has 3 heterocycles. The zero-order chi connectivity index (χ0) is 20.2. The first-order valence-corrected chi connectivity index (χ1v) is 12.1. The summed E-state index contributed by atoms with van der Waals surface area (Å²) < 4.78 is 1.11. The molecule has 4 rings (SSSR count). The molecular formula is C23H34N4OS. The van der Waals surface area contributed by atoms with Crippen molar-refractivity contribution in [1.82, 2.24) is 15.2 Å². The van der Waals surface area contributed by atoms with E-state index in [4.69, 9.17) is 4.98 Å². The third-order valence-corrected chi connectivity index (χ3v) is 7.23. The van der Waals surface area contributed by atoms with Gasteiger partial charge in [-0.3, -0.25) is 4.79 Å². The predicted molar refractivity (Wildman–Crippen MR) is 122 cm³/mol. The molecule has 0 saturated carbocycles. The highest BCUT2D eigenvalue weighted by molar-refractivity contribution is 7.22. The molecule has 0 spiro atoms. The van der Waals surface area contributed by atoms with Crippen LogP contribution in [-0.4, -0.2) is 55.1 Å². The smallest absolute Gasteiger partial charge is 0.251 e. The zero-order valence-corrected chi connectivity index (χ0v) is 18.6. The van der Waals surface area contributed by atoms with Crippen molar-refractivity contribution in [2.75, 3.05) is 44.2 Å². The van der Waals surface area contributed by atoms with Gasteiger partial charge >= 0.3 is 0 Å². The third-order valence-electron chi connectivity index (χ3n) is 6.15. The van der Waals surface area contributed by atoms with Crippen LogP contribution in [0, 0.1) is 11.8 Å². The van der Waals surface area contributed by atoms with Crippen LogP contribution in [0.5, 0.6) is 0 Å². The Morgan fingerprint density at radius 3 is 2.69 bits per heavy atom. The van der Waals surface area contributed by atoms with Gasteiger partial charge in [-0.05, 0) is 68.7 Å². The Labute approximate surface area is 178 Å². The number of benzene rings is 1. The minimum Gasteiger partial charge on any atom is -0.352 e. The van der Waals surface area contributed by atoms with E-state index < -0.39 is 0 Å². The minimum absolute atomic E-state index is 0.0280. The van der Waals surface area contributed by atoms with Crippen LogP contribution in [0.15, 0.2) is 18.2 Å². The average molecular weight is 415 g/mol. The van der Waals surface area contributed by atoms with Gasteiger partial charge in [-0.2, -0.15) is 0 Å². The molecule has 2 saturated heterocycles. The van der Waals surface area contributed by atoms with Crippen molar-refractivity contribution < 1.29 is 4.79 Å². The lowest BCUT2D eigenvalue weighted by Crippen LogP contribution is -2.40. The highest BCUT2D eigenvalue weighted by Crippen LogP contribution is 2.31. The van der Waals surface area contributed by atoms with Gasteiger partial charge in [0.05, 0.1) is 10.2 Å². The molecule has 5 nitrogen and oxygen atoms in total. The number of fused-ring (bicyclic) bond motifs is 1. The number of amides is 1. The highest BCUT2D eigenvalue weighted by Gasteiger charge is 2.21. The molecule has 1 amide bonds. The van der Waals surface area contributed by atoms with Crippen LogP contribution in [0.1, 0.15) is 56.3 Å². The van der Waals surface area contributed by atoms with E-state index in [1.807, 2.05) is 18.2 Å². The molecule has 0 bridgehead atoms. The molecule has 1 aromatic carbocycles. The van der Waals surface area contributed by atoms with Crippen molar-refractivity contribution in [2.45, 2.75) is 46.0 Å². The molecule has 158 valence electrons. The number of aromatic nitrogens is 1. The maximum atomic E-state index is 12.6. The lowest BCUT2D eigenvalue weighted by Gasteiger charge is -2.34. The molecule has 2 fully saturated rings. The minimum atomic E-state index is 0.0280. The SMILES string of the molecule is C[C@@H]1C[C@@H](C)CN(CCCNC(=O)c2ccc3nc(N4CCCCC4)sc3c2)C1. The number of thiazole rings is 1. The van der Waals surface area contributed by atoms with E-state index in [1.165, 1.54) is 38.8 Å². The van der Waals surface area contributed by atoms with Crippen molar-refractivity contribution in [3.8, 4) is 0 Å². The average Bonchev–Trinajstić information content (AvgIpc) is 3.14. The summed E-state index contributed by atoms with van der Waals surface area (Å²) in [5, 5.41) is 4.20. The zero-order valence-electron chi connectivity index (χ0n) is 17.8. The molecule has 0 aliphatic carbocycles. The summed E-state index contributed by atoms with van der Waals surface area (Å²) in [6, 6.07) is 5.90. The topological polar surface area (TPSA) is 48.5 Å². The van der Waals surface area contributed by atoms with E-state index in [-0.39, 0.29) is 5.91 Å². The lowest BCUT2D eigenvalue weighted by molar-refractivity contribution is 0.0947. The molecule has 2 aliphatic rings. The first-order chi connectivity index (χ1) is 14.1. The second-order valence-electron chi connectivity index (χ2n) is 9.04. The summed E-state index contributed by atoms with van der Waals surface area (Å²) in [5.41, 5.74) is 1.74. The quantitative estimate of drug-likeness (QED) is 0.713. The van der Waals surface area contributed by atoms with E-state index in [1.54, 1.807) is 11.3 Å². The standard InChI is InChI=1S/C23H34N4OS/c1-17-13-18(2)16-26(15-17)10-6-9-24-22(28)19-7-8-20-21(14-19)29-23(25-20)27-11-4-3-5-12-27/h7-8,14,17-18H,3-6,9-13,15-16H2,1-2H3,(H,24,28)/t17-,18-/m1/s1. The van der Waals surface area contributed by atoms with Crippen molar-refractivity contribution >= 4 is 32.6 Å². The number of carbonyl (C=O) groups is 1. The van der Waals surface area contributed by atoms with E-state index >= 15 is 0 Å². The van der Waals surface area contributed by atoms with E-state index in [9.17, 15) is 4.79 Å². The summed E-state index contributed by atoms with van der Waals surface area (Å²) in [4.78, 5) is 22.3. The molecule has 0 radical (unpaired) electrons. The summed E-state index contributed by atoms with van der Waals surface area (Å²) in [6.07, 6.45) is 6.17. The second kappa shape index (κ2) is 9.43.